The molecule has 1 saturated heterocycles. The molecule has 2 bridgehead atoms. The van der Waals surface area contributed by atoms with Crippen LogP contribution < -0.4 is 0 Å². The Bertz CT molecular complexity index is 726. The highest BCUT2D eigenvalue weighted by molar-refractivity contribution is 5.14. The molecule has 2 aliphatic rings. The lowest BCUT2D eigenvalue weighted by molar-refractivity contribution is 0.177. The average molecular weight is 329 g/mol. The van der Waals surface area contributed by atoms with E-state index in [0.29, 0.717) is 24.5 Å². The van der Waals surface area contributed by atoms with E-state index in [1.54, 1.807) is 12.3 Å². The van der Waals surface area contributed by atoms with Crippen LogP contribution in [0.2, 0.25) is 0 Å². The molecular formula is C18H24FN5. The Morgan fingerprint density at radius 3 is 2.88 bits per heavy atom. The first-order chi connectivity index (χ1) is 11.6. The van der Waals surface area contributed by atoms with Crippen LogP contribution in [0.5, 0.6) is 0 Å². The van der Waals surface area contributed by atoms with Crippen molar-refractivity contribution in [1.29, 1.82) is 0 Å². The highest BCUT2D eigenvalue weighted by atomic mass is 19.1. The Kier molecular flexibility index (Phi) is 4.08. The summed E-state index contributed by atoms with van der Waals surface area (Å²) in [6, 6.07) is 2.66. The fraction of sp³-hybridized carbons (Fsp3) is 0.611. The van der Waals surface area contributed by atoms with Gasteiger partial charge in [-0.3, -0.25) is 9.88 Å². The van der Waals surface area contributed by atoms with Crippen molar-refractivity contribution >= 4 is 0 Å². The number of rotatable bonds is 4. The molecule has 0 aromatic carbocycles. The molecule has 0 radical (unpaired) electrons. The number of fused-ring (bicyclic) bond motifs is 3. The minimum atomic E-state index is -0.207. The summed E-state index contributed by atoms with van der Waals surface area (Å²) in [4.78, 5) is 6.32. The van der Waals surface area contributed by atoms with E-state index in [0.717, 1.165) is 49.4 Å². The van der Waals surface area contributed by atoms with Crippen LogP contribution in [-0.2, 0) is 25.9 Å². The minimum absolute atomic E-state index is 0.207. The quantitative estimate of drug-likeness (QED) is 0.865. The molecule has 0 N–H and O–H groups in total. The van der Waals surface area contributed by atoms with E-state index in [9.17, 15) is 4.39 Å². The van der Waals surface area contributed by atoms with Gasteiger partial charge in [0.15, 0.2) is 0 Å². The van der Waals surface area contributed by atoms with Crippen molar-refractivity contribution in [1.82, 2.24) is 24.6 Å². The van der Waals surface area contributed by atoms with E-state index in [1.807, 2.05) is 0 Å². The number of aromatic nitrogens is 4. The van der Waals surface area contributed by atoms with Gasteiger partial charge in [0, 0.05) is 49.8 Å². The van der Waals surface area contributed by atoms with E-state index in [2.05, 4.69) is 38.5 Å². The van der Waals surface area contributed by atoms with Crippen molar-refractivity contribution in [3.05, 3.63) is 41.5 Å². The van der Waals surface area contributed by atoms with Gasteiger partial charge in [-0.05, 0) is 24.8 Å². The van der Waals surface area contributed by atoms with Gasteiger partial charge in [-0.2, -0.15) is 0 Å². The average Bonchev–Trinajstić information content (AvgIpc) is 3.02. The van der Waals surface area contributed by atoms with Crippen molar-refractivity contribution in [3.8, 4) is 0 Å². The van der Waals surface area contributed by atoms with Gasteiger partial charge in [0.2, 0.25) is 0 Å². The zero-order valence-electron chi connectivity index (χ0n) is 14.3. The Morgan fingerprint density at radius 2 is 2.08 bits per heavy atom. The SMILES string of the molecule is CC(C)Cc1nnc2n1CC1CCC(C2)N1Cc1ccncc1F. The van der Waals surface area contributed by atoms with Crippen LogP contribution in [-0.4, -0.2) is 36.7 Å². The molecule has 2 aromatic heterocycles. The fourth-order valence-corrected chi connectivity index (χ4v) is 4.09. The van der Waals surface area contributed by atoms with Gasteiger partial charge in [-0.1, -0.05) is 13.8 Å². The third-order valence-corrected chi connectivity index (χ3v) is 5.29. The third kappa shape index (κ3) is 2.83. The molecular weight excluding hydrogens is 305 g/mol. The second-order valence-corrected chi connectivity index (χ2v) is 7.47. The first-order valence-corrected chi connectivity index (χ1v) is 8.87. The highest BCUT2D eigenvalue weighted by Gasteiger charge is 2.38. The molecule has 0 spiro atoms. The molecule has 2 aromatic rings. The van der Waals surface area contributed by atoms with Gasteiger partial charge in [0.1, 0.15) is 17.5 Å². The number of pyridine rings is 1. The standard InChI is InChI=1S/C18H24FN5/c1-12(2)7-17-21-22-18-8-14-3-4-15(11-24(17)18)23(14)10-13-5-6-20-9-16(13)19/h5-6,9,12,14-15H,3-4,7-8,10-11H2,1-2H3. The predicted octanol–water partition coefficient (Wildman–Crippen LogP) is 2.60. The first-order valence-electron chi connectivity index (χ1n) is 8.87. The largest absolute Gasteiger partial charge is 0.313 e. The van der Waals surface area contributed by atoms with Crippen LogP contribution in [0.15, 0.2) is 18.5 Å². The van der Waals surface area contributed by atoms with Crippen molar-refractivity contribution in [2.45, 2.75) is 64.7 Å². The van der Waals surface area contributed by atoms with Crippen LogP contribution >= 0.6 is 0 Å². The number of hydrogen-bond acceptors (Lipinski definition) is 4. The van der Waals surface area contributed by atoms with Gasteiger partial charge in [-0.15, -0.1) is 10.2 Å². The summed E-state index contributed by atoms with van der Waals surface area (Å²) >= 11 is 0. The lowest BCUT2D eigenvalue weighted by Gasteiger charge is -2.27. The van der Waals surface area contributed by atoms with Crippen LogP contribution in [0.3, 0.4) is 0 Å². The number of halogens is 1. The Balaban J connectivity index is 1.58. The van der Waals surface area contributed by atoms with Crippen molar-refractivity contribution < 1.29 is 4.39 Å². The Morgan fingerprint density at radius 1 is 1.25 bits per heavy atom. The van der Waals surface area contributed by atoms with Gasteiger partial charge in [-0.25, -0.2) is 4.39 Å². The maximum Gasteiger partial charge on any atom is 0.145 e. The van der Waals surface area contributed by atoms with Crippen molar-refractivity contribution in [2.75, 3.05) is 0 Å². The normalized spacial score (nSPS) is 23.5. The third-order valence-electron chi connectivity index (χ3n) is 5.29. The summed E-state index contributed by atoms with van der Waals surface area (Å²) in [6.07, 6.45) is 7.18. The molecule has 0 aliphatic carbocycles. The van der Waals surface area contributed by atoms with Crippen molar-refractivity contribution in [3.63, 3.8) is 0 Å². The van der Waals surface area contributed by atoms with E-state index in [-0.39, 0.29) is 5.82 Å². The van der Waals surface area contributed by atoms with E-state index >= 15 is 0 Å². The van der Waals surface area contributed by atoms with Crippen LogP contribution in [0, 0.1) is 11.7 Å². The lowest BCUT2D eigenvalue weighted by atomic mass is 10.1. The monoisotopic (exact) mass is 329 g/mol. The molecule has 2 unspecified atom stereocenters. The lowest BCUT2D eigenvalue weighted by Crippen LogP contribution is -2.37. The van der Waals surface area contributed by atoms with Crippen LogP contribution in [0.4, 0.5) is 4.39 Å². The van der Waals surface area contributed by atoms with Crippen LogP contribution in [0.25, 0.3) is 0 Å². The molecule has 4 heterocycles. The Hall–Kier alpha value is -1.82. The summed E-state index contributed by atoms with van der Waals surface area (Å²) < 4.78 is 16.3. The maximum atomic E-state index is 14.0. The second kappa shape index (κ2) is 6.24. The smallest absolute Gasteiger partial charge is 0.145 e. The summed E-state index contributed by atoms with van der Waals surface area (Å²) in [6.45, 7) is 6.00. The molecule has 24 heavy (non-hydrogen) atoms. The molecule has 4 rings (SSSR count). The van der Waals surface area contributed by atoms with Gasteiger partial charge in [0.25, 0.3) is 0 Å². The zero-order chi connectivity index (χ0) is 16.7. The van der Waals surface area contributed by atoms with Gasteiger partial charge >= 0.3 is 0 Å². The summed E-state index contributed by atoms with van der Waals surface area (Å²) in [5, 5.41) is 8.88. The summed E-state index contributed by atoms with van der Waals surface area (Å²) in [5.41, 5.74) is 0.738. The molecule has 0 amide bonds. The van der Waals surface area contributed by atoms with Crippen molar-refractivity contribution in [2.24, 2.45) is 5.92 Å². The minimum Gasteiger partial charge on any atom is -0.313 e. The van der Waals surface area contributed by atoms with E-state index in [1.165, 1.54) is 6.20 Å². The number of nitrogens with zero attached hydrogens (tertiary/aromatic N) is 5. The molecule has 1 fully saturated rings. The molecule has 2 atom stereocenters. The summed E-state index contributed by atoms with van der Waals surface area (Å²) in [5.74, 6) is 2.56. The van der Waals surface area contributed by atoms with E-state index in [4.69, 9.17) is 0 Å². The Labute approximate surface area is 141 Å². The number of hydrogen-bond donors (Lipinski definition) is 0. The fourth-order valence-electron chi connectivity index (χ4n) is 4.09. The topological polar surface area (TPSA) is 46.8 Å². The molecule has 2 aliphatic heterocycles. The zero-order valence-corrected chi connectivity index (χ0v) is 14.3. The maximum absolute atomic E-state index is 14.0. The molecule has 128 valence electrons. The van der Waals surface area contributed by atoms with E-state index < -0.39 is 0 Å². The molecule has 6 heteroatoms. The summed E-state index contributed by atoms with van der Waals surface area (Å²) in [7, 11) is 0. The molecule has 5 nitrogen and oxygen atoms in total. The highest BCUT2D eigenvalue weighted by Crippen LogP contribution is 2.33. The second-order valence-electron chi connectivity index (χ2n) is 7.47. The van der Waals surface area contributed by atoms with Gasteiger partial charge in [0.05, 0.1) is 6.20 Å². The predicted molar refractivity (Wildman–Crippen MR) is 88.8 cm³/mol. The van der Waals surface area contributed by atoms with Crippen LogP contribution in [0.1, 0.15) is 43.9 Å². The first kappa shape index (κ1) is 15.7. The molecule has 0 saturated carbocycles. The van der Waals surface area contributed by atoms with Gasteiger partial charge < -0.3 is 4.57 Å².